The molecular weight excluding hydrogens is 200 g/mol. The lowest BCUT2D eigenvalue weighted by atomic mass is 10.1. The Bertz CT molecular complexity index is 266. The second-order valence-electron chi connectivity index (χ2n) is 3.26. The fraction of sp³-hybridized carbons (Fsp3) is 0.667. The van der Waals surface area contributed by atoms with Gasteiger partial charge in [0, 0.05) is 29.3 Å². The van der Waals surface area contributed by atoms with Gasteiger partial charge in [0.05, 0.1) is 5.01 Å². The van der Waals surface area contributed by atoms with Gasteiger partial charge in [-0.2, -0.15) is 11.8 Å². The van der Waals surface area contributed by atoms with E-state index >= 15 is 0 Å². The predicted octanol–water partition coefficient (Wildman–Crippen LogP) is 2.08. The van der Waals surface area contributed by atoms with Crippen LogP contribution in [-0.2, 0) is 6.54 Å². The van der Waals surface area contributed by atoms with Gasteiger partial charge in [0.15, 0.2) is 0 Å². The van der Waals surface area contributed by atoms with Crippen LogP contribution in [0.15, 0.2) is 6.20 Å². The standard InChI is InChI=1S/C9H14N2S2/c1-10-4-8-5-11-9(13-8)7-2-3-12-6-7/h5,7,10H,2-4,6H2,1H3. The van der Waals surface area contributed by atoms with Crippen molar-refractivity contribution in [1.29, 1.82) is 0 Å². The first-order valence-electron chi connectivity index (χ1n) is 4.57. The van der Waals surface area contributed by atoms with Crippen molar-refractivity contribution in [2.45, 2.75) is 18.9 Å². The molecule has 1 saturated heterocycles. The molecule has 2 nitrogen and oxygen atoms in total. The molecule has 0 bridgehead atoms. The maximum Gasteiger partial charge on any atom is 0.0967 e. The normalized spacial score (nSPS) is 22.4. The van der Waals surface area contributed by atoms with Crippen molar-refractivity contribution in [2.24, 2.45) is 0 Å². The van der Waals surface area contributed by atoms with Crippen LogP contribution in [0.25, 0.3) is 0 Å². The van der Waals surface area contributed by atoms with E-state index in [0.717, 1.165) is 12.5 Å². The zero-order chi connectivity index (χ0) is 9.10. The van der Waals surface area contributed by atoms with Gasteiger partial charge in [-0.3, -0.25) is 0 Å². The molecule has 13 heavy (non-hydrogen) atoms. The summed E-state index contributed by atoms with van der Waals surface area (Å²) < 4.78 is 0. The van der Waals surface area contributed by atoms with Crippen LogP contribution in [0.1, 0.15) is 22.2 Å². The zero-order valence-electron chi connectivity index (χ0n) is 7.75. The number of thiazole rings is 1. The summed E-state index contributed by atoms with van der Waals surface area (Å²) in [5.41, 5.74) is 0. The van der Waals surface area contributed by atoms with E-state index in [1.165, 1.54) is 27.8 Å². The summed E-state index contributed by atoms with van der Waals surface area (Å²) in [5, 5.41) is 4.50. The van der Waals surface area contributed by atoms with Crippen molar-refractivity contribution in [2.75, 3.05) is 18.6 Å². The Morgan fingerprint density at radius 1 is 1.69 bits per heavy atom. The SMILES string of the molecule is CNCc1cnc(C2CCSC2)s1. The molecule has 1 N–H and O–H groups in total. The lowest BCUT2D eigenvalue weighted by Gasteiger charge is -2.01. The van der Waals surface area contributed by atoms with E-state index < -0.39 is 0 Å². The summed E-state index contributed by atoms with van der Waals surface area (Å²) in [6.07, 6.45) is 3.33. The van der Waals surface area contributed by atoms with Gasteiger partial charge in [-0.25, -0.2) is 4.98 Å². The van der Waals surface area contributed by atoms with E-state index in [1.807, 2.05) is 24.6 Å². The fourth-order valence-corrected chi connectivity index (χ4v) is 3.89. The van der Waals surface area contributed by atoms with Crippen LogP contribution in [0, 0.1) is 0 Å². The molecule has 0 spiro atoms. The summed E-state index contributed by atoms with van der Waals surface area (Å²) in [5.74, 6) is 3.32. The molecule has 1 unspecified atom stereocenters. The highest BCUT2D eigenvalue weighted by Gasteiger charge is 2.20. The minimum atomic E-state index is 0.737. The second-order valence-corrected chi connectivity index (χ2v) is 5.55. The van der Waals surface area contributed by atoms with Gasteiger partial charge in [0.25, 0.3) is 0 Å². The largest absolute Gasteiger partial charge is 0.315 e. The summed E-state index contributed by atoms with van der Waals surface area (Å²) in [6.45, 7) is 0.956. The van der Waals surface area contributed by atoms with Crippen molar-refractivity contribution < 1.29 is 0 Å². The second kappa shape index (κ2) is 4.44. The Balaban J connectivity index is 2.03. The maximum absolute atomic E-state index is 4.48. The van der Waals surface area contributed by atoms with Gasteiger partial charge < -0.3 is 5.32 Å². The Morgan fingerprint density at radius 3 is 3.31 bits per heavy atom. The molecule has 1 aliphatic heterocycles. The van der Waals surface area contributed by atoms with Gasteiger partial charge in [-0.1, -0.05) is 0 Å². The lowest BCUT2D eigenvalue weighted by molar-refractivity contribution is 0.773. The Hall–Kier alpha value is -0.0600. The minimum Gasteiger partial charge on any atom is -0.315 e. The highest BCUT2D eigenvalue weighted by molar-refractivity contribution is 7.99. The maximum atomic E-state index is 4.48. The van der Waals surface area contributed by atoms with Gasteiger partial charge in [0.1, 0.15) is 0 Å². The molecule has 1 aromatic heterocycles. The molecule has 72 valence electrons. The monoisotopic (exact) mass is 214 g/mol. The molecule has 1 aliphatic rings. The summed E-state index contributed by atoms with van der Waals surface area (Å²) in [6, 6.07) is 0. The number of hydrogen-bond acceptors (Lipinski definition) is 4. The Labute approximate surface area is 87.1 Å². The number of hydrogen-bond donors (Lipinski definition) is 1. The smallest absolute Gasteiger partial charge is 0.0967 e. The highest BCUT2D eigenvalue weighted by atomic mass is 32.2. The van der Waals surface area contributed by atoms with Crippen LogP contribution >= 0.6 is 23.1 Å². The topological polar surface area (TPSA) is 24.9 Å². The number of nitrogens with one attached hydrogen (secondary N) is 1. The van der Waals surface area contributed by atoms with Gasteiger partial charge in [-0.15, -0.1) is 11.3 Å². The van der Waals surface area contributed by atoms with E-state index in [4.69, 9.17) is 0 Å². The third-order valence-corrected chi connectivity index (χ3v) is 4.52. The molecule has 2 heterocycles. The van der Waals surface area contributed by atoms with Gasteiger partial charge in [0.2, 0.25) is 0 Å². The average Bonchev–Trinajstić information content (AvgIpc) is 2.70. The van der Waals surface area contributed by atoms with Crippen molar-refractivity contribution in [3.8, 4) is 0 Å². The van der Waals surface area contributed by atoms with E-state index in [1.54, 1.807) is 0 Å². The average molecular weight is 214 g/mol. The summed E-state index contributed by atoms with van der Waals surface area (Å²) >= 11 is 3.92. The fourth-order valence-electron chi connectivity index (χ4n) is 1.50. The number of aromatic nitrogens is 1. The molecule has 0 amide bonds. The van der Waals surface area contributed by atoms with Crippen molar-refractivity contribution in [3.05, 3.63) is 16.1 Å². The molecule has 1 fully saturated rings. The van der Waals surface area contributed by atoms with E-state index in [-0.39, 0.29) is 0 Å². The van der Waals surface area contributed by atoms with Crippen LogP contribution in [0.2, 0.25) is 0 Å². The molecule has 0 aliphatic carbocycles. The van der Waals surface area contributed by atoms with Crippen molar-refractivity contribution in [3.63, 3.8) is 0 Å². The van der Waals surface area contributed by atoms with Crippen LogP contribution in [0.4, 0.5) is 0 Å². The molecule has 2 rings (SSSR count). The van der Waals surface area contributed by atoms with Gasteiger partial charge >= 0.3 is 0 Å². The summed E-state index contributed by atoms with van der Waals surface area (Å²) in [4.78, 5) is 5.84. The third-order valence-electron chi connectivity index (χ3n) is 2.20. The van der Waals surface area contributed by atoms with Crippen LogP contribution in [0.3, 0.4) is 0 Å². The first-order valence-corrected chi connectivity index (χ1v) is 6.54. The minimum absolute atomic E-state index is 0.737. The van der Waals surface area contributed by atoms with Crippen LogP contribution in [0.5, 0.6) is 0 Å². The zero-order valence-corrected chi connectivity index (χ0v) is 9.38. The predicted molar refractivity (Wildman–Crippen MR) is 59.6 cm³/mol. The molecule has 1 atom stereocenters. The molecule has 0 saturated carbocycles. The van der Waals surface area contributed by atoms with Crippen molar-refractivity contribution >= 4 is 23.1 Å². The molecule has 0 aromatic carbocycles. The Kier molecular flexibility index (Phi) is 3.24. The highest BCUT2D eigenvalue weighted by Crippen LogP contribution is 2.34. The van der Waals surface area contributed by atoms with Crippen LogP contribution in [-0.4, -0.2) is 23.5 Å². The molecular formula is C9H14N2S2. The lowest BCUT2D eigenvalue weighted by Crippen LogP contribution is -2.02. The van der Waals surface area contributed by atoms with Gasteiger partial charge in [-0.05, 0) is 19.2 Å². The number of rotatable bonds is 3. The first kappa shape index (κ1) is 9.49. The number of thioether (sulfide) groups is 1. The summed E-state index contributed by atoms with van der Waals surface area (Å²) in [7, 11) is 1.98. The van der Waals surface area contributed by atoms with E-state index in [0.29, 0.717) is 0 Å². The molecule has 1 aromatic rings. The molecule has 4 heteroatoms. The number of nitrogens with zero attached hydrogens (tertiary/aromatic N) is 1. The first-order chi connectivity index (χ1) is 6.40. The van der Waals surface area contributed by atoms with Crippen molar-refractivity contribution in [1.82, 2.24) is 10.3 Å². The van der Waals surface area contributed by atoms with Crippen LogP contribution < -0.4 is 5.32 Å². The third kappa shape index (κ3) is 2.24. The van der Waals surface area contributed by atoms with E-state index in [2.05, 4.69) is 22.1 Å². The van der Waals surface area contributed by atoms with E-state index in [9.17, 15) is 0 Å². The Morgan fingerprint density at radius 2 is 2.62 bits per heavy atom. The molecule has 0 radical (unpaired) electrons. The quantitative estimate of drug-likeness (QED) is 0.834.